The average molecular weight is 219 g/mol. The van der Waals surface area contributed by atoms with E-state index in [4.69, 9.17) is 5.73 Å². The van der Waals surface area contributed by atoms with Crippen LogP contribution in [0, 0.1) is 5.82 Å². The molecule has 1 rings (SSSR count). The number of allylic oxidation sites excluding steroid dienone is 3. The third kappa shape index (κ3) is 3.54. The second kappa shape index (κ2) is 6.11. The zero-order valence-electron chi connectivity index (χ0n) is 9.83. The van der Waals surface area contributed by atoms with Crippen LogP contribution in [0.1, 0.15) is 32.3 Å². The van der Waals surface area contributed by atoms with Gasteiger partial charge in [-0.1, -0.05) is 37.1 Å². The number of halogens is 1. The Morgan fingerprint density at radius 2 is 2.06 bits per heavy atom. The number of nitrogens with two attached hydrogens (primary N) is 1. The van der Waals surface area contributed by atoms with Crippen LogP contribution in [0.15, 0.2) is 42.0 Å². The Morgan fingerprint density at radius 3 is 2.69 bits per heavy atom. The predicted octanol–water partition coefficient (Wildman–Crippen LogP) is 3.87. The van der Waals surface area contributed by atoms with Crippen molar-refractivity contribution in [1.29, 1.82) is 0 Å². The van der Waals surface area contributed by atoms with Crippen LogP contribution < -0.4 is 5.73 Å². The van der Waals surface area contributed by atoms with Crippen LogP contribution in [0.4, 0.5) is 4.39 Å². The number of hydrogen-bond acceptors (Lipinski definition) is 1. The number of benzene rings is 1. The minimum absolute atomic E-state index is 0.278. The van der Waals surface area contributed by atoms with Gasteiger partial charge in [0.15, 0.2) is 0 Å². The summed E-state index contributed by atoms with van der Waals surface area (Å²) in [6, 6.07) is 6.55. The Hall–Kier alpha value is -1.57. The first-order valence-electron chi connectivity index (χ1n) is 5.54. The van der Waals surface area contributed by atoms with E-state index in [0.29, 0.717) is 11.3 Å². The molecule has 2 heteroatoms. The van der Waals surface area contributed by atoms with Gasteiger partial charge in [-0.3, -0.25) is 0 Å². The topological polar surface area (TPSA) is 26.0 Å². The Kier molecular flexibility index (Phi) is 4.77. The first-order chi connectivity index (χ1) is 7.65. The summed E-state index contributed by atoms with van der Waals surface area (Å²) in [6.45, 7) is 4.09. The fraction of sp³-hybridized carbons (Fsp3) is 0.286. The SMILES string of the molecule is CCC/C=C(C)\C=C(/N)c1ccccc1F. The minimum Gasteiger partial charge on any atom is -0.398 e. The van der Waals surface area contributed by atoms with E-state index in [1.54, 1.807) is 18.2 Å². The molecule has 2 N–H and O–H groups in total. The van der Waals surface area contributed by atoms with E-state index in [1.165, 1.54) is 6.07 Å². The van der Waals surface area contributed by atoms with Gasteiger partial charge in [-0.25, -0.2) is 4.39 Å². The molecule has 0 saturated carbocycles. The van der Waals surface area contributed by atoms with Crippen molar-refractivity contribution in [3.05, 3.63) is 53.4 Å². The fourth-order valence-corrected chi connectivity index (χ4v) is 1.45. The molecule has 0 bridgehead atoms. The monoisotopic (exact) mass is 219 g/mol. The van der Waals surface area contributed by atoms with Gasteiger partial charge in [-0.15, -0.1) is 0 Å². The van der Waals surface area contributed by atoms with Crippen LogP contribution >= 0.6 is 0 Å². The van der Waals surface area contributed by atoms with Crippen molar-refractivity contribution in [3.8, 4) is 0 Å². The van der Waals surface area contributed by atoms with Crippen molar-refractivity contribution < 1.29 is 4.39 Å². The average Bonchev–Trinajstić information content (AvgIpc) is 2.26. The van der Waals surface area contributed by atoms with Crippen LogP contribution in [-0.4, -0.2) is 0 Å². The fourth-order valence-electron chi connectivity index (χ4n) is 1.45. The maximum Gasteiger partial charge on any atom is 0.132 e. The maximum atomic E-state index is 13.4. The van der Waals surface area contributed by atoms with Gasteiger partial charge in [-0.05, 0) is 31.6 Å². The van der Waals surface area contributed by atoms with E-state index in [9.17, 15) is 4.39 Å². The molecule has 0 aliphatic rings. The molecular weight excluding hydrogens is 201 g/mol. The highest BCUT2D eigenvalue weighted by Crippen LogP contribution is 2.15. The lowest BCUT2D eigenvalue weighted by Gasteiger charge is -2.03. The van der Waals surface area contributed by atoms with E-state index < -0.39 is 0 Å². The predicted molar refractivity (Wildman–Crippen MR) is 67.2 cm³/mol. The van der Waals surface area contributed by atoms with Gasteiger partial charge >= 0.3 is 0 Å². The molecular formula is C14H18FN. The molecule has 86 valence electrons. The molecule has 0 radical (unpaired) electrons. The van der Waals surface area contributed by atoms with Gasteiger partial charge < -0.3 is 5.73 Å². The van der Waals surface area contributed by atoms with Crippen LogP contribution in [-0.2, 0) is 0 Å². The normalized spacial score (nSPS) is 12.9. The molecule has 0 aromatic heterocycles. The summed E-state index contributed by atoms with van der Waals surface area (Å²) in [5, 5.41) is 0. The first kappa shape index (κ1) is 12.5. The van der Waals surface area contributed by atoms with Crippen LogP contribution in [0.2, 0.25) is 0 Å². The second-order valence-electron chi connectivity index (χ2n) is 3.82. The van der Waals surface area contributed by atoms with Crippen molar-refractivity contribution in [1.82, 2.24) is 0 Å². The molecule has 16 heavy (non-hydrogen) atoms. The van der Waals surface area contributed by atoms with E-state index in [-0.39, 0.29) is 5.82 Å². The van der Waals surface area contributed by atoms with Crippen molar-refractivity contribution in [2.75, 3.05) is 0 Å². The summed E-state index contributed by atoms with van der Waals surface area (Å²) in [6.07, 6.45) is 6.04. The quantitative estimate of drug-likeness (QED) is 0.764. The summed E-state index contributed by atoms with van der Waals surface area (Å²) in [7, 11) is 0. The zero-order valence-corrected chi connectivity index (χ0v) is 9.83. The van der Waals surface area contributed by atoms with E-state index >= 15 is 0 Å². The summed E-state index contributed by atoms with van der Waals surface area (Å²) in [4.78, 5) is 0. The van der Waals surface area contributed by atoms with Crippen LogP contribution in [0.3, 0.4) is 0 Å². The third-order valence-corrected chi connectivity index (χ3v) is 2.32. The molecule has 0 aliphatic heterocycles. The van der Waals surface area contributed by atoms with Gasteiger partial charge in [0.2, 0.25) is 0 Å². The molecule has 0 aliphatic carbocycles. The Balaban J connectivity index is 2.89. The number of hydrogen-bond donors (Lipinski definition) is 1. The summed E-state index contributed by atoms with van der Waals surface area (Å²) >= 11 is 0. The molecule has 0 fully saturated rings. The lowest BCUT2D eigenvalue weighted by Crippen LogP contribution is -1.99. The van der Waals surface area contributed by atoms with E-state index in [2.05, 4.69) is 13.0 Å². The molecule has 0 atom stereocenters. The zero-order chi connectivity index (χ0) is 12.0. The highest BCUT2D eigenvalue weighted by molar-refractivity contribution is 5.65. The number of unbranched alkanes of at least 4 members (excludes halogenated alkanes) is 1. The molecule has 1 nitrogen and oxygen atoms in total. The molecule has 0 heterocycles. The summed E-state index contributed by atoms with van der Waals surface area (Å²) in [5.74, 6) is -0.278. The van der Waals surface area contributed by atoms with Crippen LogP contribution in [0.25, 0.3) is 5.70 Å². The van der Waals surface area contributed by atoms with Crippen molar-refractivity contribution in [2.24, 2.45) is 5.73 Å². The van der Waals surface area contributed by atoms with E-state index in [1.807, 2.05) is 13.0 Å². The highest BCUT2D eigenvalue weighted by atomic mass is 19.1. The maximum absolute atomic E-state index is 13.4. The lowest BCUT2D eigenvalue weighted by molar-refractivity contribution is 0.623. The van der Waals surface area contributed by atoms with Crippen molar-refractivity contribution in [3.63, 3.8) is 0 Å². The molecule has 0 amide bonds. The van der Waals surface area contributed by atoms with Gasteiger partial charge in [0.1, 0.15) is 5.82 Å². The second-order valence-corrected chi connectivity index (χ2v) is 3.82. The highest BCUT2D eigenvalue weighted by Gasteiger charge is 2.02. The molecule has 0 unspecified atom stereocenters. The Labute approximate surface area is 96.5 Å². The standard InChI is InChI=1S/C14H18FN/c1-3-4-7-11(2)10-14(16)12-8-5-6-9-13(12)15/h5-10H,3-4,16H2,1-2H3/b11-7-,14-10-. The minimum atomic E-state index is -0.278. The van der Waals surface area contributed by atoms with Crippen molar-refractivity contribution in [2.45, 2.75) is 26.7 Å². The van der Waals surface area contributed by atoms with Crippen molar-refractivity contribution >= 4 is 5.70 Å². The smallest absolute Gasteiger partial charge is 0.132 e. The molecule has 1 aromatic carbocycles. The summed E-state index contributed by atoms with van der Waals surface area (Å²) < 4.78 is 13.4. The van der Waals surface area contributed by atoms with Crippen LogP contribution in [0.5, 0.6) is 0 Å². The van der Waals surface area contributed by atoms with Gasteiger partial charge in [0.25, 0.3) is 0 Å². The summed E-state index contributed by atoms with van der Waals surface area (Å²) in [5.41, 5.74) is 7.86. The van der Waals surface area contributed by atoms with Gasteiger partial charge in [-0.2, -0.15) is 0 Å². The molecule has 0 saturated heterocycles. The van der Waals surface area contributed by atoms with E-state index in [0.717, 1.165) is 18.4 Å². The largest absolute Gasteiger partial charge is 0.398 e. The lowest BCUT2D eigenvalue weighted by atomic mass is 10.1. The third-order valence-electron chi connectivity index (χ3n) is 2.32. The Bertz CT molecular complexity index is 405. The van der Waals surface area contributed by atoms with Gasteiger partial charge in [0, 0.05) is 11.3 Å². The number of rotatable bonds is 4. The molecule has 1 aromatic rings. The first-order valence-corrected chi connectivity index (χ1v) is 5.54. The van der Waals surface area contributed by atoms with Gasteiger partial charge in [0.05, 0.1) is 0 Å². The Morgan fingerprint density at radius 1 is 1.38 bits per heavy atom. The molecule has 0 spiro atoms.